The molecule has 3 rings (SSSR count). The Balaban J connectivity index is 2.25. The number of carbonyl (C=O) groups excluding carboxylic acids is 1. The summed E-state index contributed by atoms with van der Waals surface area (Å²) in [5.41, 5.74) is -0.424. The van der Waals surface area contributed by atoms with Crippen molar-refractivity contribution >= 4 is 33.0 Å². The van der Waals surface area contributed by atoms with Crippen molar-refractivity contribution in [3.63, 3.8) is 0 Å². The van der Waals surface area contributed by atoms with Crippen LogP contribution < -0.4 is 5.32 Å². The number of benzene rings is 1. The van der Waals surface area contributed by atoms with Crippen LogP contribution in [0.4, 0.5) is 5.69 Å². The third-order valence-electron chi connectivity index (χ3n) is 3.33. The van der Waals surface area contributed by atoms with E-state index in [2.05, 4.69) is 5.32 Å². The largest absolute Gasteiger partial charge is 0.324 e. The first kappa shape index (κ1) is 11.0. The van der Waals surface area contributed by atoms with E-state index in [9.17, 15) is 13.2 Å². The number of sulfone groups is 1. The van der Waals surface area contributed by atoms with Gasteiger partial charge in [0.25, 0.3) is 0 Å². The summed E-state index contributed by atoms with van der Waals surface area (Å²) in [7, 11) is -3.50. The van der Waals surface area contributed by atoms with E-state index in [1.54, 1.807) is 12.1 Å². The fourth-order valence-electron chi connectivity index (χ4n) is 2.20. The Morgan fingerprint density at radius 3 is 2.65 bits per heavy atom. The van der Waals surface area contributed by atoms with Crippen molar-refractivity contribution in [1.29, 1.82) is 0 Å². The van der Waals surface area contributed by atoms with Crippen molar-refractivity contribution < 1.29 is 13.2 Å². The van der Waals surface area contributed by atoms with Gasteiger partial charge in [-0.1, -0.05) is 17.7 Å². The number of halogens is 1. The van der Waals surface area contributed by atoms with Crippen LogP contribution in [-0.4, -0.2) is 20.1 Å². The molecule has 1 saturated carbocycles. The maximum absolute atomic E-state index is 12.2. The van der Waals surface area contributed by atoms with Gasteiger partial charge in [0.2, 0.25) is 5.91 Å². The lowest BCUT2D eigenvalue weighted by atomic mass is 10.1. The summed E-state index contributed by atoms with van der Waals surface area (Å²) >= 11 is 5.93. The van der Waals surface area contributed by atoms with Crippen molar-refractivity contribution in [2.45, 2.75) is 17.7 Å². The van der Waals surface area contributed by atoms with Gasteiger partial charge in [-0.2, -0.15) is 0 Å². The van der Waals surface area contributed by atoms with E-state index in [1.165, 1.54) is 6.07 Å². The molecule has 0 atom stereocenters. The summed E-state index contributed by atoms with van der Waals surface area (Å²) in [6, 6.07) is 4.72. The first-order valence-corrected chi connectivity index (χ1v) is 7.30. The molecule has 1 aromatic rings. The smallest absolute Gasteiger partial charge is 0.231 e. The molecular weight excluding hydrogens is 262 g/mol. The maximum atomic E-state index is 12.2. The molecule has 1 amide bonds. The molecule has 0 bridgehead atoms. The van der Waals surface area contributed by atoms with Crippen molar-refractivity contribution in [1.82, 2.24) is 0 Å². The lowest BCUT2D eigenvalue weighted by Crippen LogP contribution is -2.27. The molecule has 0 saturated heterocycles. The Hall–Kier alpha value is -1.07. The van der Waals surface area contributed by atoms with Gasteiger partial charge in [-0.3, -0.25) is 4.79 Å². The predicted octanol–water partition coefficient (Wildman–Crippen LogP) is 1.85. The number of hydrogen-bond acceptors (Lipinski definition) is 3. The molecule has 4 nitrogen and oxygen atoms in total. The Morgan fingerprint density at radius 1 is 1.29 bits per heavy atom. The fourth-order valence-corrected chi connectivity index (χ4v) is 4.84. The highest BCUT2D eigenvalue weighted by Crippen LogP contribution is 2.51. The maximum Gasteiger partial charge on any atom is 0.231 e. The van der Waals surface area contributed by atoms with E-state index in [1.807, 2.05) is 0 Å². The molecular formula is C11H10ClNO3S. The second-order valence-electron chi connectivity index (χ2n) is 4.61. The zero-order valence-electron chi connectivity index (χ0n) is 8.86. The Labute approximate surface area is 104 Å². The van der Waals surface area contributed by atoms with Crippen LogP contribution in [-0.2, 0) is 14.6 Å². The number of nitrogens with one attached hydrogen (secondary N) is 1. The summed E-state index contributed by atoms with van der Waals surface area (Å²) in [6.45, 7) is 0. The van der Waals surface area contributed by atoms with Crippen LogP contribution in [0.1, 0.15) is 12.8 Å². The van der Waals surface area contributed by atoms with E-state index < -0.39 is 15.3 Å². The molecule has 0 radical (unpaired) electrons. The van der Waals surface area contributed by atoms with Gasteiger partial charge >= 0.3 is 0 Å². The van der Waals surface area contributed by atoms with Crippen LogP contribution >= 0.6 is 11.6 Å². The van der Waals surface area contributed by atoms with Crippen molar-refractivity contribution in [3.8, 4) is 0 Å². The molecule has 90 valence electrons. The Bertz CT molecular complexity index is 620. The lowest BCUT2D eigenvalue weighted by Gasteiger charge is -2.08. The third-order valence-corrected chi connectivity index (χ3v) is 5.75. The van der Waals surface area contributed by atoms with E-state index in [0.717, 1.165) is 0 Å². The molecule has 0 aromatic heterocycles. The number of anilines is 1. The van der Waals surface area contributed by atoms with Crippen molar-refractivity contribution in [3.05, 3.63) is 23.2 Å². The van der Waals surface area contributed by atoms with Gasteiger partial charge in [-0.25, -0.2) is 8.42 Å². The number of hydrogen-bond donors (Lipinski definition) is 1. The van der Waals surface area contributed by atoms with Crippen LogP contribution in [0.3, 0.4) is 0 Å². The normalized spacial score (nSPS) is 23.7. The topological polar surface area (TPSA) is 63.2 Å². The highest BCUT2D eigenvalue weighted by molar-refractivity contribution is 7.91. The number of rotatable bonds is 0. The molecule has 1 aliphatic carbocycles. The first-order valence-electron chi connectivity index (χ1n) is 5.27. The Morgan fingerprint density at radius 2 is 2.00 bits per heavy atom. The zero-order valence-corrected chi connectivity index (χ0v) is 10.4. The number of fused-ring (bicyclic) bond motifs is 1. The second kappa shape index (κ2) is 3.23. The van der Waals surface area contributed by atoms with Crippen LogP contribution in [0.15, 0.2) is 23.1 Å². The molecule has 1 aromatic carbocycles. The fraction of sp³-hybridized carbons (Fsp3) is 0.364. The molecule has 6 heteroatoms. The summed E-state index contributed by atoms with van der Waals surface area (Å²) in [5, 5.41) is 2.84. The van der Waals surface area contributed by atoms with Crippen LogP contribution in [0.5, 0.6) is 0 Å². The summed E-state index contributed by atoms with van der Waals surface area (Å²) < 4.78 is 24.5. The standard InChI is InChI=1S/C11H10ClNO3S/c12-7-2-1-3-8-9(7)17(15,16)6-11(4-5-11)10(14)13-8/h1-3H,4-6H2,(H,13,14). The first-order chi connectivity index (χ1) is 7.95. The minimum absolute atomic E-state index is 0.0544. The molecule has 2 aliphatic rings. The lowest BCUT2D eigenvalue weighted by molar-refractivity contribution is -0.120. The quantitative estimate of drug-likeness (QED) is 0.783. The predicted molar refractivity (Wildman–Crippen MR) is 63.8 cm³/mol. The highest BCUT2D eigenvalue weighted by atomic mass is 35.5. The van der Waals surface area contributed by atoms with Crippen molar-refractivity contribution in [2.24, 2.45) is 5.41 Å². The number of amides is 1. The Kier molecular flexibility index (Phi) is 2.10. The minimum atomic E-state index is -3.50. The molecule has 1 aliphatic heterocycles. The van der Waals surface area contributed by atoms with E-state index in [0.29, 0.717) is 18.5 Å². The SMILES string of the molecule is O=C1Nc2cccc(Cl)c2S(=O)(=O)CC12CC2. The zero-order chi connectivity index (χ0) is 12.3. The average Bonchev–Trinajstić information content (AvgIpc) is 2.97. The van der Waals surface area contributed by atoms with Gasteiger partial charge in [-0.15, -0.1) is 0 Å². The molecule has 1 fully saturated rings. The molecule has 1 N–H and O–H groups in total. The summed E-state index contributed by atoms with van der Waals surface area (Å²) in [4.78, 5) is 12.0. The number of carbonyl (C=O) groups is 1. The van der Waals surface area contributed by atoms with Gasteiger partial charge in [0.15, 0.2) is 9.84 Å². The van der Waals surface area contributed by atoms with E-state index in [4.69, 9.17) is 11.6 Å². The van der Waals surface area contributed by atoms with E-state index in [-0.39, 0.29) is 21.6 Å². The van der Waals surface area contributed by atoms with Crippen LogP contribution in [0.2, 0.25) is 5.02 Å². The van der Waals surface area contributed by atoms with E-state index >= 15 is 0 Å². The highest BCUT2D eigenvalue weighted by Gasteiger charge is 2.55. The molecule has 0 unspecified atom stereocenters. The van der Waals surface area contributed by atoms with Gasteiger partial charge in [0.05, 0.1) is 21.9 Å². The monoisotopic (exact) mass is 271 g/mol. The molecule has 1 heterocycles. The molecule has 1 spiro atoms. The third kappa shape index (κ3) is 1.57. The van der Waals surface area contributed by atoms with Crippen LogP contribution in [0, 0.1) is 5.41 Å². The van der Waals surface area contributed by atoms with Crippen molar-refractivity contribution in [2.75, 3.05) is 11.1 Å². The van der Waals surface area contributed by atoms with Gasteiger partial charge in [0, 0.05) is 0 Å². The van der Waals surface area contributed by atoms with Gasteiger partial charge in [0.1, 0.15) is 4.90 Å². The average molecular weight is 272 g/mol. The molecule has 17 heavy (non-hydrogen) atoms. The van der Waals surface area contributed by atoms with Gasteiger partial charge in [-0.05, 0) is 25.0 Å². The van der Waals surface area contributed by atoms with Crippen LogP contribution in [0.25, 0.3) is 0 Å². The minimum Gasteiger partial charge on any atom is -0.324 e. The second-order valence-corrected chi connectivity index (χ2v) is 6.94. The van der Waals surface area contributed by atoms with Gasteiger partial charge < -0.3 is 5.32 Å². The summed E-state index contributed by atoms with van der Waals surface area (Å²) in [5.74, 6) is -0.343. The summed E-state index contributed by atoms with van der Waals surface area (Å²) in [6.07, 6.45) is 1.26.